The Bertz CT molecular complexity index is 928. The van der Waals surface area contributed by atoms with E-state index in [-0.39, 0.29) is 17.9 Å². The van der Waals surface area contributed by atoms with Gasteiger partial charge in [0.25, 0.3) is 0 Å². The third-order valence-corrected chi connectivity index (χ3v) is 5.57. The summed E-state index contributed by atoms with van der Waals surface area (Å²) in [6.07, 6.45) is 5.31. The summed E-state index contributed by atoms with van der Waals surface area (Å²) in [6.45, 7) is 5.41. The molecule has 1 saturated heterocycles. The fraction of sp³-hybridized carbons (Fsp3) is 0.360. The molecule has 0 unspecified atom stereocenters. The molecule has 0 radical (unpaired) electrons. The van der Waals surface area contributed by atoms with E-state index in [0.717, 1.165) is 35.3 Å². The van der Waals surface area contributed by atoms with E-state index in [1.54, 1.807) is 13.2 Å². The van der Waals surface area contributed by atoms with Crippen molar-refractivity contribution in [1.82, 2.24) is 10.2 Å². The summed E-state index contributed by atoms with van der Waals surface area (Å²) >= 11 is 0. The third-order valence-electron chi connectivity index (χ3n) is 5.57. The summed E-state index contributed by atoms with van der Waals surface area (Å²) in [5.74, 6) is 0.747. The van der Waals surface area contributed by atoms with Crippen molar-refractivity contribution in [2.24, 2.45) is 0 Å². The number of aryl methyl sites for hydroxylation is 2. The van der Waals surface area contributed by atoms with Gasteiger partial charge < -0.3 is 15.0 Å². The maximum atomic E-state index is 12.7. The minimum Gasteiger partial charge on any atom is -0.496 e. The van der Waals surface area contributed by atoms with E-state index < -0.39 is 0 Å². The standard InChI is InChI=1S/C25H30N2O3/c1-18-8-9-20(19(2)16-18)10-11-24(28)26-22-12-14-27(15-13-22)25(29)17-21-6-4-5-7-23(21)30-3/h4-11,16,22H,12-15,17H2,1-3H3,(H,26,28)/b11-10+. The molecule has 0 spiro atoms. The first-order chi connectivity index (χ1) is 14.5. The average molecular weight is 407 g/mol. The normalized spacial score (nSPS) is 14.7. The lowest BCUT2D eigenvalue weighted by molar-refractivity contribution is -0.131. The van der Waals surface area contributed by atoms with Crippen LogP contribution in [0.2, 0.25) is 0 Å². The lowest BCUT2D eigenvalue weighted by atomic mass is 10.0. The molecule has 0 aromatic heterocycles. The molecule has 2 aromatic carbocycles. The molecule has 5 nitrogen and oxygen atoms in total. The van der Waals surface area contributed by atoms with Crippen LogP contribution >= 0.6 is 0 Å². The zero-order valence-electron chi connectivity index (χ0n) is 18.0. The zero-order valence-corrected chi connectivity index (χ0v) is 18.0. The summed E-state index contributed by atoms with van der Waals surface area (Å²) in [7, 11) is 1.62. The Balaban J connectivity index is 1.47. The van der Waals surface area contributed by atoms with Crippen LogP contribution in [0, 0.1) is 13.8 Å². The smallest absolute Gasteiger partial charge is 0.244 e. The first kappa shape index (κ1) is 21.6. The van der Waals surface area contributed by atoms with Gasteiger partial charge in [0.1, 0.15) is 5.75 Å². The van der Waals surface area contributed by atoms with Crippen molar-refractivity contribution in [2.75, 3.05) is 20.2 Å². The van der Waals surface area contributed by atoms with Crippen molar-refractivity contribution >= 4 is 17.9 Å². The van der Waals surface area contributed by atoms with Crippen molar-refractivity contribution in [2.45, 2.75) is 39.2 Å². The Morgan fingerprint density at radius 2 is 1.87 bits per heavy atom. The largest absolute Gasteiger partial charge is 0.496 e. The number of methoxy groups -OCH3 is 1. The van der Waals surface area contributed by atoms with Crippen LogP contribution in [0.1, 0.15) is 35.1 Å². The number of nitrogens with zero attached hydrogens (tertiary/aromatic N) is 1. The molecule has 2 aromatic rings. The van der Waals surface area contributed by atoms with E-state index in [0.29, 0.717) is 19.5 Å². The summed E-state index contributed by atoms with van der Waals surface area (Å²) in [4.78, 5) is 26.8. The Labute approximate surface area is 178 Å². The lowest BCUT2D eigenvalue weighted by Crippen LogP contribution is -2.46. The number of likely N-dealkylation sites (tertiary alicyclic amines) is 1. The number of carbonyl (C=O) groups excluding carboxylic acids is 2. The van der Waals surface area contributed by atoms with Crippen LogP contribution in [0.15, 0.2) is 48.5 Å². The molecular weight excluding hydrogens is 376 g/mol. The molecule has 1 N–H and O–H groups in total. The number of carbonyl (C=O) groups is 2. The van der Waals surface area contributed by atoms with Crippen LogP contribution < -0.4 is 10.1 Å². The van der Waals surface area contributed by atoms with Crippen molar-refractivity contribution in [1.29, 1.82) is 0 Å². The first-order valence-corrected chi connectivity index (χ1v) is 10.4. The molecular formula is C25H30N2O3. The van der Waals surface area contributed by atoms with E-state index in [9.17, 15) is 9.59 Å². The zero-order chi connectivity index (χ0) is 21.5. The highest BCUT2D eigenvalue weighted by Crippen LogP contribution is 2.20. The highest BCUT2D eigenvalue weighted by molar-refractivity contribution is 5.92. The maximum absolute atomic E-state index is 12.7. The molecule has 3 rings (SSSR count). The quantitative estimate of drug-likeness (QED) is 0.745. The number of hydrogen-bond acceptors (Lipinski definition) is 3. The van der Waals surface area contributed by atoms with Crippen LogP contribution in [-0.4, -0.2) is 43.0 Å². The Kier molecular flexibility index (Phi) is 7.28. The fourth-order valence-electron chi connectivity index (χ4n) is 3.82. The Morgan fingerprint density at radius 3 is 2.57 bits per heavy atom. The summed E-state index contributed by atoms with van der Waals surface area (Å²) in [5.41, 5.74) is 4.31. The van der Waals surface area contributed by atoms with Crippen LogP contribution in [0.25, 0.3) is 6.08 Å². The van der Waals surface area contributed by atoms with Gasteiger partial charge in [0, 0.05) is 30.8 Å². The molecule has 1 heterocycles. The molecule has 1 aliphatic rings. The number of nitrogens with one attached hydrogen (secondary N) is 1. The van der Waals surface area contributed by atoms with Crippen LogP contribution in [0.3, 0.4) is 0 Å². The van der Waals surface area contributed by atoms with E-state index in [1.807, 2.05) is 54.3 Å². The van der Waals surface area contributed by atoms with Gasteiger partial charge in [0.05, 0.1) is 13.5 Å². The summed E-state index contributed by atoms with van der Waals surface area (Å²) < 4.78 is 5.34. The van der Waals surface area contributed by atoms with Gasteiger partial charge >= 0.3 is 0 Å². The van der Waals surface area contributed by atoms with Gasteiger partial charge in [-0.2, -0.15) is 0 Å². The first-order valence-electron chi connectivity index (χ1n) is 10.4. The summed E-state index contributed by atoms with van der Waals surface area (Å²) in [5, 5.41) is 3.06. The van der Waals surface area contributed by atoms with Crippen LogP contribution in [-0.2, 0) is 16.0 Å². The molecule has 0 bridgehead atoms. The highest BCUT2D eigenvalue weighted by Gasteiger charge is 2.24. The Hall–Kier alpha value is -3.08. The van der Waals surface area contributed by atoms with Crippen molar-refractivity contribution in [3.05, 3.63) is 70.8 Å². The number of para-hydroxylation sites is 1. The predicted molar refractivity (Wildman–Crippen MR) is 119 cm³/mol. The average Bonchev–Trinajstić information content (AvgIpc) is 2.74. The lowest BCUT2D eigenvalue weighted by Gasteiger charge is -2.32. The number of ether oxygens (including phenoxy) is 1. The summed E-state index contributed by atoms with van der Waals surface area (Å²) in [6, 6.07) is 13.9. The van der Waals surface area contributed by atoms with E-state index in [2.05, 4.69) is 18.3 Å². The minimum absolute atomic E-state index is 0.0891. The topological polar surface area (TPSA) is 58.6 Å². The van der Waals surface area contributed by atoms with Gasteiger partial charge in [0.15, 0.2) is 0 Å². The van der Waals surface area contributed by atoms with Gasteiger partial charge in [-0.3, -0.25) is 9.59 Å². The Morgan fingerprint density at radius 1 is 1.13 bits per heavy atom. The van der Waals surface area contributed by atoms with E-state index in [1.165, 1.54) is 5.56 Å². The molecule has 158 valence electrons. The molecule has 30 heavy (non-hydrogen) atoms. The van der Waals surface area contributed by atoms with Gasteiger partial charge in [-0.15, -0.1) is 0 Å². The highest BCUT2D eigenvalue weighted by atomic mass is 16.5. The van der Waals surface area contributed by atoms with Crippen molar-refractivity contribution in [3.63, 3.8) is 0 Å². The van der Waals surface area contributed by atoms with Crippen LogP contribution in [0.4, 0.5) is 0 Å². The molecule has 0 saturated carbocycles. The van der Waals surface area contributed by atoms with Gasteiger partial charge in [0.2, 0.25) is 11.8 Å². The molecule has 0 aliphatic carbocycles. The number of hydrogen-bond donors (Lipinski definition) is 1. The van der Waals surface area contributed by atoms with Gasteiger partial charge in [-0.1, -0.05) is 42.0 Å². The molecule has 0 atom stereocenters. The number of benzene rings is 2. The number of amides is 2. The second-order valence-corrected chi connectivity index (χ2v) is 7.85. The van der Waals surface area contributed by atoms with Gasteiger partial charge in [-0.05, 0) is 50.0 Å². The number of rotatable bonds is 6. The number of piperidine rings is 1. The minimum atomic E-state index is -0.0891. The molecule has 1 aliphatic heterocycles. The van der Waals surface area contributed by atoms with E-state index >= 15 is 0 Å². The molecule has 2 amide bonds. The monoisotopic (exact) mass is 406 g/mol. The van der Waals surface area contributed by atoms with Crippen molar-refractivity contribution < 1.29 is 14.3 Å². The predicted octanol–water partition coefficient (Wildman–Crippen LogP) is 3.68. The van der Waals surface area contributed by atoms with Crippen LogP contribution in [0.5, 0.6) is 5.75 Å². The second-order valence-electron chi connectivity index (χ2n) is 7.85. The third kappa shape index (κ3) is 5.72. The maximum Gasteiger partial charge on any atom is 0.244 e. The van der Waals surface area contributed by atoms with E-state index in [4.69, 9.17) is 4.74 Å². The molecule has 5 heteroatoms. The molecule has 1 fully saturated rings. The SMILES string of the molecule is COc1ccccc1CC(=O)N1CCC(NC(=O)/C=C/c2ccc(C)cc2C)CC1. The second kappa shape index (κ2) is 10.1. The fourth-order valence-corrected chi connectivity index (χ4v) is 3.82. The van der Waals surface area contributed by atoms with Crippen molar-refractivity contribution in [3.8, 4) is 5.75 Å². The van der Waals surface area contributed by atoms with Gasteiger partial charge in [-0.25, -0.2) is 0 Å².